The number of aromatic nitrogens is 1. The van der Waals surface area contributed by atoms with Crippen LogP contribution < -0.4 is 14.8 Å². The van der Waals surface area contributed by atoms with Crippen LogP contribution in [0.25, 0.3) is 22.2 Å². The number of carbonyl (C=O) groups excluding carboxylic acids is 1. The van der Waals surface area contributed by atoms with Gasteiger partial charge in [0.15, 0.2) is 0 Å². The Bertz CT molecular complexity index is 1190. The van der Waals surface area contributed by atoms with Gasteiger partial charge in [-0.3, -0.25) is 4.79 Å². The minimum atomic E-state index is -1.07. The number of benzene rings is 2. The normalized spacial score (nSPS) is 10.9. The third-order valence-corrected chi connectivity index (χ3v) is 6.53. The summed E-state index contributed by atoms with van der Waals surface area (Å²) in [5.74, 6) is -0.0457. The summed E-state index contributed by atoms with van der Waals surface area (Å²) in [6, 6.07) is 12.1. The second-order valence-corrected chi connectivity index (χ2v) is 9.28. The number of methoxy groups -OCH3 is 2. The van der Waals surface area contributed by atoms with E-state index in [1.807, 2.05) is 12.1 Å². The standard InChI is InChI=1S/C30H38N2O5/c1-4-5-6-7-8-9-10-11-12-13-29(33)32-27-18-23-24(30(34)35)19-25(31-26(23)20-28(27)37-3)21-14-16-22(36-2)17-15-21/h14-20H,4-13H2,1-3H3,(H,32,33)(H,34,35). The van der Waals surface area contributed by atoms with Crippen LogP contribution in [-0.2, 0) is 4.79 Å². The van der Waals surface area contributed by atoms with Crippen molar-refractivity contribution in [3.8, 4) is 22.8 Å². The maximum Gasteiger partial charge on any atom is 0.336 e. The first kappa shape index (κ1) is 28.0. The molecular formula is C30H38N2O5. The zero-order valence-electron chi connectivity index (χ0n) is 22.1. The van der Waals surface area contributed by atoms with Gasteiger partial charge in [0.1, 0.15) is 11.5 Å². The molecule has 0 saturated carbocycles. The van der Waals surface area contributed by atoms with Crippen molar-refractivity contribution in [2.24, 2.45) is 0 Å². The first-order valence-corrected chi connectivity index (χ1v) is 13.2. The molecule has 1 heterocycles. The molecule has 2 aromatic carbocycles. The molecule has 3 rings (SSSR count). The molecule has 0 fully saturated rings. The van der Waals surface area contributed by atoms with E-state index in [1.54, 1.807) is 37.4 Å². The van der Waals surface area contributed by atoms with E-state index in [0.717, 1.165) is 24.8 Å². The Morgan fingerprint density at radius 1 is 0.865 bits per heavy atom. The molecule has 0 saturated heterocycles. The van der Waals surface area contributed by atoms with Crippen LogP contribution in [-0.4, -0.2) is 36.2 Å². The molecule has 0 aliphatic heterocycles. The summed E-state index contributed by atoms with van der Waals surface area (Å²) in [6.07, 6.45) is 11.1. The third kappa shape index (κ3) is 7.94. The van der Waals surface area contributed by atoms with Crippen LogP contribution in [0.1, 0.15) is 81.5 Å². The highest BCUT2D eigenvalue weighted by atomic mass is 16.5. The molecular weight excluding hydrogens is 468 g/mol. The van der Waals surface area contributed by atoms with Crippen molar-refractivity contribution in [2.75, 3.05) is 19.5 Å². The first-order chi connectivity index (χ1) is 18.0. The average molecular weight is 507 g/mol. The number of carboxylic acids is 1. The lowest BCUT2D eigenvalue weighted by Crippen LogP contribution is -2.12. The number of carboxylic acid groups (broad SMARTS) is 1. The number of ether oxygens (including phenoxy) is 2. The fourth-order valence-corrected chi connectivity index (χ4v) is 4.42. The van der Waals surface area contributed by atoms with Gasteiger partial charge in [-0.25, -0.2) is 9.78 Å². The van der Waals surface area contributed by atoms with Gasteiger partial charge in [0, 0.05) is 23.4 Å². The van der Waals surface area contributed by atoms with Crippen LogP contribution in [0.2, 0.25) is 0 Å². The molecule has 37 heavy (non-hydrogen) atoms. The van der Waals surface area contributed by atoms with Crippen LogP contribution in [0.5, 0.6) is 11.5 Å². The topological polar surface area (TPSA) is 97.8 Å². The minimum Gasteiger partial charge on any atom is -0.497 e. The summed E-state index contributed by atoms with van der Waals surface area (Å²) >= 11 is 0. The van der Waals surface area contributed by atoms with Crippen molar-refractivity contribution in [3.63, 3.8) is 0 Å². The smallest absolute Gasteiger partial charge is 0.336 e. The fraction of sp³-hybridized carbons (Fsp3) is 0.433. The maximum absolute atomic E-state index is 12.6. The van der Waals surface area contributed by atoms with Crippen molar-refractivity contribution < 1.29 is 24.2 Å². The number of aromatic carboxylic acids is 1. The quantitative estimate of drug-likeness (QED) is 0.207. The lowest BCUT2D eigenvalue weighted by Gasteiger charge is -2.14. The van der Waals surface area contributed by atoms with Crippen LogP contribution in [0.15, 0.2) is 42.5 Å². The zero-order valence-corrected chi connectivity index (χ0v) is 22.1. The van der Waals surface area contributed by atoms with E-state index in [0.29, 0.717) is 40.2 Å². The summed E-state index contributed by atoms with van der Waals surface area (Å²) < 4.78 is 10.7. The van der Waals surface area contributed by atoms with Crippen molar-refractivity contribution in [3.05, 3.63) is 48.0 Å². The number of rotatable bonds is 15. The Morgan fingerprint density at radius 3 is 2.11 bits per heavy atom. The number of anilines is 1. The van der Waals surface area contributed by atoms with Crippen molar-refractivity contribution in [2.45, 2.75) is 71.1 Å². The molecule has 0 radical (unpaired) electrons. The molecule has 0 aliphatic rings. The van der Waals surface area contributed by atoms with Crippen LogP contribution in [0, 0.1) is 0 Å². The summed E-state index contributed by atoms with van der Waals surface area (Å²) in [5, 5.41) is 13.3. The summed E-state index contributed by atoms with van der Waals surface area (Å²) in [4.78, 5) is 29.4. The monoisotopic (exact) mass is 506 g/mol. The van der Waals surface area contributed by atoms with Gasteiger partial charge in [0.25, 0.3) is 0 Å². The van der Waals surface area contributed by atoms with Gasteiger partial charge >= 0.3 is 5.97 Å². The minimum absolute atomic E-state index is 0.105. The highest BCUT2D eigenvalue weighted by Gasteiger charge is 2.17. The molecule has 198 valence electrons. The van der Waals surface area contributed by atoms with Gasteiger partial charge in [-0.1, -0.05) is 58.3 Å². The van der Waals surface area contributed by atoms with E-state index in [-0.39, 0.29) is 11.5 Å². The van der Waals surface area contributed by atoms with Crippen LogP contribution >= 0.6 is 0 Å². The molecule has 7 heteroatoms. The van der Waals surface area contributed by atoms with Gasteiger partial charge in [-0.15, -0.1) is 0 Å². The molecule has 3 aromatic rings. The van der Waals surface area contributed by atoms with Gasteiger partial charge < -0.3 is 19.9 Å². The van der Waals surface area contributed by atoms with Gasteiger partial charge in [-0.2, -0.15) is 0 Å². The SMILES string of the molecule is CCCCCCCCCCCC(=O)Nc1cc2c(C(=O)O)cc(-c3ccc(OC)cc3)nc2cc1OC. The summed E-state index contributed by atoms with van der Waals surface area (Å²) in [7, 11) is 3.10. The summed E-state index contributed by atoms with van der Waals surface area (Å²) in [5.41, 5.74) is 2.31. The Morgan fingerprint density at radius 2 is 1.51 bits per heavy atom. The van der Waals surface area contributed by atoms with Crippen molar-refractivity contribution in [1.82, 2.24) is 4.98 Å². The number of hydrogen-bond acceptors (Lipinski definition) is 5. The van der Waals surface area contributed by atoms with Crippen molar-refractivity contribution >= 4 is 28.5 Å². The lowest BCUT2D eigenvalue weighted by molar-refractivity contribution is -0.116. The molecule has 0 atom stereocenters. The molecule has 0 unspecified atom stereocenters. The van der Waals surface area contributed by atoms with E-state index in [1.165, 1.54) is 45.6 Å². The molecule has 1 aromatic heterocycles. The third-order valence-electron chi connectivity index (χ3n) is 6.53. The fourth-order valence-electron chi connectivity index (χ4n) is 4.42. The van der Waals surface area contributed by atoms with Gasteiger partial charge in [0.2, 0.25) is 5.91 Å². The van der Waals surface area contributed by atoms with Crippen LogP contribution in [0.4, 0.5) is 5.69 Å². The largest absolute Gasteiger partial charge is 0.497 e. The first-order valence-electron chi connectivity index (χ1n) is 13.2. The Balaban J connectivity index is 1.71. The molecule has 1 amide bonds. The number of fused-ring (bicyclic) bond motifs is 1. The van der Waals surface area contributed by atoms with E-state index >= 15 is 0 Å². The predicted molar refractivity (Wildman–Crippen MR) is 148 cm³/mol. The average Bonchev–Trinajstić information content (AvgIpc) is 2.91. The Kier molecular flexibility index (Phi) is 10.7. The van der Waals surface area contributed by atoms with E-state index in [9.17, 15) is 14.7 Å². The van der Waals surface area contributed by atoms with E-state index in [4.69, 9.17) is 9.47 Å². The maximum atomic E-state index is 12.6. The highest BCUT2D eigenvalue weighted by molar-refractivity contribution is 6.06. The molecule has 0 aliphatic carbocycles. The number of carbonyl (C=O) groups is 2. The van der Waals surface area contributed by atoms with E-state index < -0.39 is 5.97 Å². The number of pyridine rings is 1. The lowest BCUT2D eigenvalue weighted by atomic mass is 10.0. The number of amides is 1. The molecule has 0 spiro atoms. The zero-order chi connectivity index (χ0) is 26.6. The number of nitrogens with one attached hydrogen (secondary N) is 1. The van der Waals surface area contributed by atoms with Crippen molar-refractivity contribution in [1.29, 1.82) is 0 Å². The molecule has 7 nitrogen and oxygen atoms in total. The molecule has 2 N–H and O–H groups in total. The summed E-state index contributed by atoms with van der Waals surface area (Å²) in [6.45, 7) is 2.22. The number of unbranched alkanes of at least 4 members (excludes halogenated alkanes) is 8. The van der Waals surface area contributed by atoms with Gasteiger partial charge in [0.05, 0.1) is 36.7 Å². The second kappa shape index (κ2) is 14.2. The Labute approximate surface area is 219 Å². The second-order valence-electron chi connectivity index (χ2n) is 9.28. The van der Waals surface area contributed by atoms with E-state index in [2.05, 4.69) is 17.2 Å². The number of hydrogen-bond donors (Lipinski definition) is 2. The van der Waals surface area contributed by atoms with Crippen LogP contribution in [0.3, 0.4) is 0 Å². The number of nitrogens with zero attached hydrogens (tertiary/aromatic N) is 1. The van der Waals surface area contributed by atoms with Gasteiger partial charge in [-0.05, 0) is 42.8 Å². The highest BCUT2D eigenvalue weighted by Crippen LogP contribution is 2.34. The molecule has 0 bridgehead atoms. The Hall–Kier alpha value is -3.61. The predicted octanol–water partition coefficient (Wildman–Crippen LogP) is 7.48.